The molecule has 2 amide bonds. The van der Waals surface area contributed by atoms with E-state index in [2.05, 4.69) is 26.1 Å². The zero-order valence-corrected chi connectivity index (χ0v) is 15.9. The monoisotopic (exact) mass is 344 g/mol. The Morgan fingerprint density at radius 1 is 1.20 bits per heavy atom. The summed E-state index contributed by atoms with van der Waals surface area (Å²) >= 11 is 0. The molecule has 25 heavy (non-hydrogen) atoms. The summed E-state index contributed by atoms with van der Waals surface area (Å²) in [5.74, 6) is -0.180. The minimum atomic E-state index is -0.239. The Morgan fingerprint density at radius 3 is 2.56 bits per heavy atom. The van der Waals surface area contributed by atoms with Gasteiger partial charge in [-0.15, -0.1) is 0 Å². The topological polar surface area (TPSA) is 49.4 Å². The van der Waals surface area contributed by atoms with Gasteiger partial charge in [-0.25, -0.2) is 0 Å². The third-order valence-electron chi connectivity index (χ3n) is 5.03. The fourth-order valence-electron chi connectivity index (χ4n) is 3.35. The van der Waals surface area contributed by atoms with Crippen LogP contribution in [0.5, 0.6) is 0 Å². The van der Waals surface area contributed by atoms with Gasteiger partial charge in [0.25, 0.3) is 0 Å². The van der Waals surface area contributed by atoms with Gasteiger partial charge in [-0.2, -0.15) is 0 Å². The summed E-state index contributed by atoms with van der Waals surface area (Å²) in [6.45, 7) is 6.85. The molecule has 0 saturated carbocycles. The molecule has 1 aromatic rings. The van der Waals surface area contributed by atoms with Gasteiger partial charge in [0.05, 0.1) is 5.92 Å². The number of unbranched alkanes of at least 4 members (excludes halogenated alkanes) is 3. The molecular weight excluding hydrogens is 312 g/mol. The Labute approximate surface area is 152 Å². The number of anilines is 1. The summed E-state index contributed by atoms with van der Waals surface area (Å²) in [6, 6.07) is 8.24. The number of hydrogen-bond acceptors (Lipinski definition) is 2. The summed E-state index contributed by atoms with van der Waals surface area (Å²) in [6.07, 6.45) is 7.15. The lowest BCUT2D eigenvalue weighted by Crippen LogP contribution is -2.38. The van der Waals surface area contributed by atoms with Gasteiger partial charge in [0.2, 0.25) is 11.8 Å². The smallest absolute Gasteiger partial charge is 0.227 e. The highest BCUT2D eigenvalue weighted by atomic mass is 16.2. The van der Waals surface area contributed by atoms with Crippen LogP contribution in [0.15, 0.2) is 24.3 Å². The third kappa shape index (κ3) is 5.58. The molecule has 2 atom stereocenters. The van der Waals surface area contributed by atoms with E-state index in [0.717, 1.165) is 24.9 Å². The van der Waals surface area contributed by atoms with Crippen molar-refractivity contribution >= 4 is 17.5 Å². The Balaban J connectivity index is 1.84. The van der Waals surface area contributed by atoms with Crippen molar-refractivity contribution in [3.63, 3.8) is 0 Å². The Hall–Kier alpha value is -1.84. The van der Waals surface area contributed by atoms with E-state index in [0.29, 0.717) is 13.0 Å². The molecule has 0 spiro atoms. The van der Waals surface area contributed by atoms with Crippen LogP contribution in [-0.4, -0.2) is 24.4 Å². The first-order valence-corrected chi connectivity index (χ1v) is 9.74. The van der Waals surface area contributed by atoms with E-state index in [4.69, 9.17) is 0 Å². The molecule has 1 aromatic carbocycles. The van der Waals surface area contributed by atoms with Crippen molar-refractivity contribution in [3.05, 3.63) is 29.8 Å². The number of amides is 2. The van der Waals surface area contributed by atoms with Crippen molar-refractivity contribution in [2.45, 2.75) is 71.8 Å². The molecule has 0 radical (unpaired) electrons. The minimum Gasteiger partial charge on any atom is -0.353 e. The average Bonchev–Trinajstić information content (AvgIpc) is 3.01. The molecule has 0 aliphatic carbocycles. The van der Waals surface area contributed by atoms with E-state index < -0.39 is 0 Å². The lowest BCUT2D eigenvalue weighted by Gasteiger charge is -2.19. The lowest BCUT2D eigenvalue weighted by molar-refractivity contribution is -0.126. The van der Waals surface area contributed by atoms with Gasteiger partial charge in [-0.3, -0.25) is 9.59 Å². The van der Waals surface area contributed by atoms with E-state index in [9.17, 15) is 9.59 Å². The third-order valence-corrected chi connectivity index (χ3v) is 5.03. The van der Waals surface area contributed by atoms with Crippen LogP contribution in [0.3, 0.4) is 0 Å². The minimum absolute atomic E-state index is 0.0176. The van der Waals surface area contributed by atoms with Crippen LogP contribution in [0.4, 0.5) is 5.69 Å². The van der Waals surface area contributed by atoms with Gasteiger partial charge in [0, 0.05) is 24.7 Å². The number of aryl methyl sites for hydroxylation is 1. The first-order valence-electron chi connectivity index (χ1n) is 9.74. The Bertz CT molecular complexity index is 568. The van der Waals surface area contributed by atoms with Crippen molar-refractivity contribution in [1.82, 2.24) is 5.32 Å². The summed E-state index contributed by atoms with van der Waals surface area (Å²) in [4.78, 5) is 26.5. The van der Waals surface area contributed by atoms with Crippen molar-refractivity contribution in [2.24, 2.45) is 5.92 Å². The summed E-state index contributed by atoms with van der Waals surface area (Å²) in [5.41, 5.74) is 2.15. The Morgan fingerprint density at radius 2 is 1.92 bits per heavy atom. The SMILES string of the molecule is CCCCCC[C@@H](C)NC(=O)[C@@H]1CC(=O)N(c2ccc(CC)cc2)C1. The second-order valence-electron chi connectivity index (χ2n) is 7.18. The van der Waals surface area contributed by atoms with Crippen LogP contribution < -0.4 is 10.2 Å². The molecule has 1 fully saturated rings. The predicted molar refractivity (Wildman–Crippen MR) is 103 cm³/mol. The van der Waals surface area contributed by atoms with Gasteiger partial charge in [-0.05, 0) is 37.5 Å². The van der Waals surface area contributed by atoms with Crippen LogP contribution in [0.25, 0.3) is 0 Å². The van der Waals surface area contributed by atoms with Gasteiger partial charge >= 0.3 is 0 Å². The molecule has 1 aliphatic heterocycles. The molecule has 2 rings (SSSR count). The van der Waals surface area contributed by atoms with Crippen LogP contribution in [-0.2, 0) is 16.0 Å². The zero-order chi connectivity index (χ0) is 18.2. The van der Waals surface area contributed by atoms with Crippen molar-refractivity contribution in [2.75, 3.05) is 11.4 Å². The second-order valence-corrected chi connectivity index (χ2v) is 7.18. The number of nitrogens with zero attached hydrogens (tertiary/aromatic N) is 1. The van der Waals surface area contributed by atoms with Gasteiger partial charge < -0.3 is 10.2 Å². The molecule has 1 saturated heterocycles. The maximum Gasteiger partial charge on any atom is 0.227 e. The summed E-state index contributed by atoms with van der Waals surface area (Å²) in [7, 11) is 0. The molecular formula is C21H32N2O2. The van der Waals surface area contributed by atoms with E-state index in [-0.39, 0.29) is 23.8 Å². The fourth-order valence-corrected chi connectivity index (χ4v) is 3.35. The number of carbonyl (C=O) groups excluding carboxylic acids is 2. The van der Waals surface area contributed by atoms with Crippen molar-refractivity contribution < 1.29 is 9.59 Å². The number of hydrogen-bond donors (Lipinski definition) is 1. The van der Waals surface area contributed by atoms with E-state index in [1.165, 1.54) is 24.8 Å². The van der Waals surface area contributed by atoms with Crippen molar-refractivity contribution in [3.8, 4) is 0 Å². The van der Waals surface area contributed by atoms with Crippen LogP contribution in [0.2, 0.25) is 0 Å². The van der Waals surface area contributed by atoms with E-state index in [1.807, 2.05) is 24.3 Å². The summed E-state index contributed by atoms with van der Waals surface area (Å²) in [5, 5.41) is 3.09. The molecule has 0 unspecified atom stereocenters. The van der Waals surface area contributed by atoms with Gasteiger partial charge in [0.1, 0.15) is 0 Å². The maximum absolute atomic E-state index is 12.5. The Kier molecular flexibility index (Phi) is 7.48. The number of carbonyl (C=O) groups is 2. The van der Waals surface area contributed by atoms with Crippen molar-refractivity contribution in [1.29, 1.82) is 0 Å². The first-order chi connectivity index (χ1) is 12.0. The second kappa shape index (κ2) is 9.59. The normalized spacial score (nSPS) is 18.4. The highest BCUT2D eigenvalue weighted by Crippen LogP contribution is 2.25. The largest absolute Gasteiger partial charge is 0.353 e. The predicted octanol–water partition coefficient (Wildman–Crippen LogP) is 4.08. The molecule has 1 N–H and O–H groups in total. The van der Waals surface area contributed by atoms with Gasteiger partial charge in [-0.1, -0.05) is 51.7 Å². The molecule has 1 aliphatic rings. The molecule has 4 heteroatoms. The lowest BCUT2D eigenvalue weighted by atomic mass is 10.1. The number of nitrogens with one attached hydrogen (secondary N) is 1. The fraction of sp³-hybridized carbons (Fsp3) is 0.619. The molecule has 4 nitrogen and oxygen atoms in total. The van der Waals surface area contributed by atoms with Crippen LogP contribution in [0, 0.1) is 5.92 Å². The summed E-state index contributed by atoms with van der Waals surface area (Å²) < 4.78 is 0. The number of benzene rings is 1. The molecule has 0 bridgehead atoms. The van der Waals surface area contributed by atoms with Gasteiger partial charge in [0.15, 0.2) is 0 Å². The maximum atomic E-state index is 12.5. The molecule has 1 heterocycles. The standard InChI is InChI=1S/C21H32N2O2/c1-4-6-7-8-9-16(3)22-21(25)18-14-20(24)23(15-18)19-12-10-17(5-2)11-13-19/h10-13,16,18H,4-9,14-15H2,1-3H3,(H,22,25)/t16-,18-/m1/s1. The van der Waals surface area contributed by atoms with E-state index >= 15 is 0 Å². The van der Waals surface area contributed by atoms with Crippen LogP contribution in [0.1, 0.15) is 64.9 Å². The van der Waals surface area contributed by atoms with E-state index in [1.54, 1.807) is 4.90 Å². The quantitative estimate of drug-likeness (QED) is 0.686. The zero-order valence-electron chi connectivity index (χ0n) is 15.9. The first kappa shape index (κ1) is 19.5. The number of rotatable bonds is 9. The highest BCUT2D eigenvalue weighted by molar-refractivity contribution is 6.00. The van der Waals surface area contributed by atoms with Crippen LogP contribution >= 0.6 is 0 Å². The molecule has 138 valence electrons. The average molecular weight is 344 g/mol. The molecule has 0 aromatic heterocycles. The highest BCUT2D eigenvalue weighted by Gasteiger charge is 2.35.